The fourth-order valence-corrected chi connectivity index (χ4v) is 1.49. The lowest BCUT2D eigenvalue weighted by molar-refractivity contribution is -0.141. The lowest BCUT2D eigenvalue weighted by Crippen LogP contribution is -2.28. The van der Waals surface area contributed by atoms with E-state index in [2.05, 4.69) is 15.2 Å². The van der Waals surface area contributed by atoms with Crippen LogP contribution in [0.1, 0.15) is 6.92 Å². The number of carbonyl (C=O) groups excluding carboxylic acids is 1. The van der Waals surface area contributed by atoms with Crippen LogP contribution >= 0.6 is 0 Å². The second kappa shape index (κ2) is 4.77. The minimum Gasteiger partial charge on any atom is -0.465 e. The Bertz CT molecular complexity index is 524. The van der Waals surface area contributed by atoms with Crippen LogP contribution < -0.4 is 4.90 Å². The Morgan fingerprint density at radius 3 is 3.18 bits per heavy atom. The van der Waals surface area contributed by atoms with E-state index in [0.29, 0.717) is 18.1 Å². The molecular weight excluding hydrogens is 222 g/mol. The first-order valence-electron chi connectivity index (χ1n) is 5.23. The van der Waals surface area contributed by atoms with Crippen LogP contribution in [-0.2, 0) is 9.53 Å². The quantitative estimate of drug-likeness (QED) is 0.701. The number of nitrogens with zero attached hydrogens (tertiary/aromatic N) is 5. The number of hydrogen-bond donors (Lipinski definition) is 0. The van der Waals surface area contributed by atoms with Crippen molar-refractivity contribution in [2.24, 2.45) is 0 Å². The summed E-state index contributed by atoms with van der Waals surface area (Å²) in [5.74, 6) is 0.302. The topological polar surface area (TPSA) is 72.6 Å². The van der Waals surface area contributed by atoms with E-state index < -0.39 is 0 Å². The molecule has 2 rings (SSSR count). The number of esters is 1. The highest BCUT2D eigenvalue weighted by atomic mass is 16.5. The van der Waals surface area contributed by atoms with Crippen LogP contribution in [0.5, 0.6) is 0 Å². The summed E-state index contributed by atoms with van der Waals surface area (Å²) in [6.07, 6.45) is 4.96. The van der Waals surface area contributed by atoms with Crippen LogP contribution in [0.25, 0.3) is 5.65 Å². The van der Waals surface area contributed by atoms with Crippen molar-refractivity contribution in [1.82, 2.24) is 19.6 Å². The lowest BCUT2D eigenvalue weighted by Gasteiger charge is -2.16. The third-order valence-electron chi connectivity index (χ3n) is 2.23. The van der Waals surface area contributed by atoms with Gasteiger partial charge in [0.05, 0.1) is 6.61 Å². The fraction of sp³-hybridized carbons (Fsp3) is 0.400. The highest BCUT2D eigenvalue weighted by Crippen LogP contribution is 2.13. The van der Waals surface area contributed by atoms with Gasteiger partial charge in [-0.3, -0.25) is 9.20 Å². The van der Waals surface area contributed by atoms with Crippen LogP contribution in [0, 0.1) is 0 Å². The van der Waals surface area contributed by atoms with Gasteiger partial charge < -0.3 is 9.64 Å². The summed E-state index contributed by atoms with van der Waals surface area (Å²) >= 11 is 0. The lowest BCUT2D eigenvalue weighted by atomic mass is 10.5. The van der Waals surface area contributed by atoms with Gasteiger partial charge in [-0.15, -0.1) is 10.2 Å². The van der Waals surface area contributed by atoms with E-state index in [1.54, 1.807) is 42.0 Å². The van der Waals surface area contributed by atoms with Crippen molar-refractivity contribution in [2.75, 3.05) is 25.1 Å². The van der Waals surface area contributed by atoms with Crippen molar-refractivity contribution in [3.05, 3.63) is 18.7 Å². The molecule has 0 saturated carbocycles. The Labute approximate surface area is 98.0 Å². The van der Waals surface area contributed by atoms with Gasteiger partial charge in [-0.1, -0.05) is 0 Å². The molecule has 0 aliphatic rings. The minimum atomic E-state index is -0.293. The van der Waals surface area contributed by atoms with Crippen molar-refractivity contribution in [3.63, 3.8) is 0 Å². The maximum Gasteiger partial charge on any atom is 0.325 e. The first-order valence-corrected chi connectivity index (χ1v) is 5.23. The van der Waals surface area contributed by atoms with Gasteiger partial charge >= 0.3 is 5.97 Å². The number of aromatic nitrogens is 4. The highest BCUT2D eigenvalue weighted by molar-refractivity contribution is 5.77. The van der Waals surface area contributed by atoms with Gasteiger partial charge in [-0.25, -0.2) is 4.98 Å². The highest BCUT2D eigenvalue weighted by Gasteiger charge is 2.13. The number of ether oxygens (including phenoxy) is 1. The van der Waals surface area contributed by atoms with Crippen molar-refractivity contribution in [2.45, 2.75) is 6.92 Å². The SMILES string of the molecule is CCOC(=O)CN(C)c1nccn2cnnc12. The summed E-state index contributed by atoms with van der Waals surface area (Å²) < 4.78 is 6.62. The van der Waals surface area contributed by atoms with Gasteiger partial charge in [0.2, 0.25) is 5.65 Å². The molecule has 0 aromatic carbocycles. The molecule has 7 nitrogen and oxygen atoms in total. The number of anilines is 1. The zero-order chi connectivity index (χ0) is 12.3. The maximum atomic E-state index is 11.4. The number of fused-ring (bicyclic) bond motifs is 1. The smallest absolute Gasteiger partial charge is 0.325 e. The third-order valence-corrected chi connectivity index (χ3v) is 2.23. The number of hydrogen-bond acceptors (Lipinski definition) is 6. The van der Waals surface area contributed by atoms with Gasteiger partial charge in [0.1, 0.15) is 12.9 Å². The van der Waals surface area contributed by atoms with Crippen LogP contribution in [0.3, 0.4) is 0 Å². The average molecular weight is 235 g/mol. The molecule has 0 atom stereocenters. The Hall–Kier alpha value is -2.18. The monoisotopic (exact) mass is 235 g/mol. The van der Waals surface area contributed by atoms with Gasteiger partial charge in [-0.05, 0) is 6.92 Å². The second-order valence-electron chi connectivity index (χ2n) is 3.47. The van der Waals surface area contributed by atoms with E-state index in [4.69, 9.17) is 4.74 Å². The molecule has 0 aliphatic carbocycles. The number of rotatable bonds is 4. The molecule has 2 heterocycles. The third kappa shape index (κ3) is 2.32. The van der Waals surface area contributed by atoms with E-state index >= 15 is 0 Å². The number of likely N-dealkylation sites (N-methyl/N-ethyl adjacent to an activating group) is 1. The van der Waals surface area contributed by atoms with Crippen LogP contribution in [-0.4, -0.2) is 45.8 Å². The Morgan fingerprint density at radius 2 is 2.41 bits per heavy atom. The summed E-state index contributed by atoms with van der Waals surface area (Å²) in [5, 5.41) is 7.74. The largest absolute Gasteiger partial charge is 0.465 e. The molecule has 90 valence electrons. The molecule has 0 radical (unpaired) electrons. The van der Waals surface area contributed by atoms with Gasteiger partial charge in [0.25, 0.3) is 0 Å². The minimum absolute atomic E-state index is 0.132. The van der Waals surface area contributed by atoms with Crippen molar-refractivity contribution in [3.8, 4) is 0 Å². The molecular formula is C10H13N5O2. The Morgan fingerprint density at radius 1 is 1.59 bits per heavy atom. The molecule has 0 spiro atoms. The maximum absolute atomic E-state index is 11.4. The first-order chi connectivity index (χ1) is 8.22. The number of carbonyl (C=O) groups is 1. The van der Waals surface area contributed by atoms with E-state index in [0.717, 1.165) is 0 Å². The molecule has 0 amide bonds. The van der Waals surface area contributed by atoms with Crippen molar-refractivity contribution < 1.29 is 9.53 Å². The Balaban J connectivity index is 2.21. The molecule has 7 heteroatoms. The molecule has 0 fully saturated rings. The van der Waals surface area contributed by atoms with Gasteiger partial charge in [0.15, 0.2) is 5.82 Å². The normalized spacial score (nSPS) is 10.5. The van der Waals surface area contributed by atoms with Crippen molar-refractivity contribution in [1.29, 1.82) is 0 Å². The van der Waals surface area contributed by atoms with Crippen LogP contribution in [0.15, 0.2) is 18.7 Å². The van der Waals surface area contributed by atoms with Crippen LogP contribution in [0.4, 0.5) is 5.82 Å². The standard InChI is InChI=1S/C10H13N5O2/c1-3-17-8(16)6-14(2)9-10-13-12-7-15(10)5-4-11-9/h4-5,7H,3,6H2,1-2H3. The molecule has 0 aliphatic heterocycles. The van der Waals surface area contributed by atoms with E-state index in [9.17, 15) is 4.79 Å². The zero-order valence-electron chi connectivity index (χ0n) is 9.70. The van der Waals surface area contributed by atoms with Gasteiger partial charge in [0, 0.05) is 19.4 Å². The molecule has 0 unspecified atom stereocenters. The molecule has 0 saturated heterocycles. The summed E-state index contributed by atoms with van der Waals surface area (Å²) in [7, 11) is 1.76. The second-order valence-corrected chi connectivity index (χ2v) is 3.47. The fourth-order valence-electron chi connectivity index (χ4n) is 1.49. The Kier molecular flexibility index (Phi) is 3.17. The molecule has 2 aromatic heterocycles. The van der Waals surface area contributed by atoms with E-state index in [1.165, 1.54) is 0 Å². The average Bonchev–Trinajstić information content (AvgIpc) is 2.76. The van der Waals surface area contributed by atoms with Crippen molar-refractivity contribution >= 4 is 17.4 Å². The molecule has 17 heavy (non-hydrogen) atoms. The first kappa shape index (κ1) is 11.3. The molecule has 0 N–H and O–H groups in total. The van der Waals surface area contributed by atoms with Crippen LogP contribution in [0.2, 0.25) is 0 Å². The predicted molar refractivity (Wildman–Crippen MR) is 60.7 cm³/mol. The van der Waals surface area contributed by atoms with E-state index in [-0.39, 0.29) is 12.5 Å². The zero-order valence-corrected chi connectivity index (χ0v) is 9.70. The summed E-state index contributed by atoms with van der Waals surface area (Å²) in [6.45, 7) is 2.28. The summed E-state index contributed by atoms with van der Waals surface area (Å²) in [4.78, 5) is 17.2. The van der Waals surface area contributed by atoms with E-state index in [1.807, 2.05) is 0 Å². The van der Waals surface area contributed by atoms with Gasteiger partial charge in [-0.2, -0.15) is 0 Å². The summed E-state index contributed by atoms with van der Waals surface area (Å²) in [6, 6.07) is 0. The predicted octanol–water partition coefficient (Wildman–Crippen LogP) is 0.124. The molecule has 0 bridgehead atoms. The summed E-state index contributed by atoms with van der Waals surface area (Å²) in [5.41, 5.74) is 0.610. The molecule has 2 aromatic rings.